The van der Waals surface area contributed by atoms with Crippen LogP contribution in [0.15, 0.2) is 36.5 Å². The fourth-order valence-corrected chi connectivity index (χ4v) is 3.83. The number of benzene rings is 1. The number of rotatable bonds is 7. The van der Waals surface area contributed by atoms with Crippen LogP contribution in [0.25, 0.3) is 22.2 Å². The lowest BCUT2D eigenvalue weighted by molar-refractivity contribution is 0.0169. The third kappa shape index (κ3) is 4.16. The van der Waals surface area contributed by atoms with E-state index in [4.69, 9.17) is 19.7 Å². The number of fused-ring (bicyclic) bond motifs is 1. The van der Waals surface area contributed by atoms with Crippen molar-refractivity contribution in [2.45, 2.75) is 31.9 Å². The van der Waals surface area contributed by atoms with Crippen molar-refractivity contribution < 1.29 is 9.47 Å². The molecule has 5 rings (SSSR count). The summed E-state index contributed by atoms with van der Waals surface area (Å²) in [5.41, 5.74) is 4.31. The molecule has 1 aromatic carbocycles. The lowest BCUT2D eigenvalue weighted by Crippen LogP contribution is -2.40. The average Bonchev–Trinajstić information content (AvgIpc) is 3.54. The zero-order valence-electron chi connectivity index (χ0n) is 16.9. The van der Waals surface area contributed by atoms with E-state index in [2.05, 4.69) is 22.6 Å². The van der Waals surface area contributed by atoms with Gasteiger partial charge in [0.1, 0.15) is 5.52 Å². The molecule has 0 unspecified atom stereocenters. The van der Waals surface area contributed by atoms with Crippen LogP contribution in [0.4, 0.5) is 0 Å². The highest BCUT2D eigenvalue weighted by molar-refractivity contribution is 5.83. The van der Waals surface area contributed by atoms with Gasteiger partial charge in [-0.3, -0.25) is 4.68 Å². The van der Waals surface area contributed by atoms with E-state index in [9.17, 15) is 0 Å². The summed E-state index contributed by atoms with van der Waals surface area (Å²) in [6, 6.07) is 11.8. The Balaban J connectivity index is 1.48. The van der Waals surface area contributed by atoms with Gasteiger partial charge in [0.15, 0.2) is 0 Å². The van der Waals surface area contributed by atoms with E-state index >= 15 is 0 Å². The van der Waals surface area contributed by atoms with Crippen molar-refractivity contribution in [3.05, 3.63) is 42.1 Å². The number of nitrogens with one attached hydrogen (secondary N) is 1. The summed E-state index contributed by atoms with van der Waals surface area (Å²) in [5, 5.41) is 17.0. The summed E-state index contributed by atoms with van der Waals surface area (Å²) in [5.74, 6) is 1.43. The van der Waals surface area contributed by atoms with E-state index in [0.717, 1.165) is 54.2 Å². The van der Waals surface area contributed by atoms with Gasteiger partial charge in [0.05, 0.1) is 49.2 Å². The molecule has 2 aliphatic rings. The van der Waals surface area contributed by atoms with Gasteiger partial charge in [-0.2, -0.15) is 10.4 Å². The van der Waals surface area contributed by atoms with Gasteiger partial charge in [-0.05, 0) is 36.1 Å². The van der Waals surface area contributed by atoms with Crippen LogP contribution in [0.1, 0.15) is 24.8 Å². The normalized spacial score (nSPS) is 19.0. The van der Waals surface area contributed by atoms with Crippen molar-refractivity contribution >= 4 is 11.0 Å². The van der Waals surface area contributed by atoms with Gasteiger partial charge in [0.25, 0.3) is 0 Å². The minimum Gasteiger partial charge on any atom is -0.477 e. The third-order valence-electron chi connectivity index (χ3n) is 5.76. The zero-order valence-corrected chi connectivity index (χ0v) is 16.9. The van der Waals surface area contributed by atoms with Crippen LogP contribution < -0.4 is 10.1 Å². The van der Waals surface area contributed by atoms with E-state index in [1.165, 1.54) is 12.8 Å². The summed E-state index contributed by atoms with van der Waals surface area (Å²) < 4.78 is 13.9. The van der Waals surface area contributed by atoms with Crippen LogP contribution in [-0.4, -0.2) is 47.2 Å². The van der Waals surface area contributed by atoms with Crippen molar-refractivity contribution in [3.63, 3.8) is 0 Å². The maximum atomic E-state index is 9.12. The van der Waals surface area contributed by atoms with Crippen LogP contribution in [0, 0.1) is 17.2 Å². The number of nitriles is 1. The summed E-state index contributed by atoms with van der Waals surface area (Å²) in [4.78, 5) is 4.80. The van der Waals surface area contributed by atoms with Crippen molar-refractivity contribution in [1.82, 2.24) is 20.1 Å². The van der Waals surface area contributed by atoms with Crippen molar-refractivity contribution in [1.29, 1.82) is 5.26 Å². The van der Waals surface area contributed by atoms with Crippen molar-refractivity contribution in [2.75, 3.05) is 26.3 Å². The molecular formula is C23H25N5O2. The first-order valence-electron chi connectivity index (χ1n) is 10.6. The smallest absolute Gasteiger partial charge is 0.222 e. The fraction of sp³-hybridized carbons (Fsp3) is 0.435. The molecule has 154 valence electrons. The topological polar surface area (TPSA) is 85.0 Å². The SMILES string of the molecule is N#Cc1ccc(-c2cc3c(cnn3C[C@@H]3CNCCO3)nc2OCCC2CC2)cc1. The number of ether oxygens (including phenoxy) is 2. The summed E-state index contributed by atoms with van der Waals surface area (Å²) in [6.45, 7) is 3.77. The largest absolute Gasteiger partial charge is 0.477 e. The lowest BCUT2D eigenvalue weighted by Gasteiger charge is -2.23. The maximum Gasteiger partial charge on any atom is 0.222 e. The Labute approximate surface area is 175 Å². The molecule has 2 aromatic heterocycles. The first-order valence-corrected chi connectivity index (χ1v) is 10.6. The van der Waals surface area contributed by atoms with E-state index < -0.39 is 0 Å². The highest BCUT2D eigenvalue weighted by atomic mass is 16.5. The Morgan fingerprint density at radius 2 is 2.13 bits per heavy atom. The second kappa shape index (κ2) is 8.42. The Morgan fingerprint density at radius 3 is 2.87 bits per heavy atom. The Kier molecular flexibility index (Phi) is 5.35. The molecule has 0 radical (unpaired) electrons. The molecule has 1 saturated carbocycles. The predicted molar refractivity (Wildman–Crippen MR) is 113 cm³/mol. The zero-order chi connectivity index (χ0) is 20.3. The first-order chi connectivity index (χ1) is 14.8. The number of hydrogen-bond acceptors (Lipinski definition) is 6. The number of aromatic nitrogens is 3. The summed E-state index contributed by atoms with van der Waals surface area (Å²) >= 11 is 0. The monoisotopic (exact) mass is 403 g/mol. The standard InChI is InChI=1S/C23H25N5O2/c24-12-17-3-5-18(6-4-17)20-11-22-21(27-23(20)30-9-7-16-1-2-16)14-26-28(22)15-19-13-25-8-10-29-19/h3-6,11,14,16,19,25H,1-2,7-10,13,15H2/t19-/m0/s1. The quantitative estimate of drug-likeness (QED) is 0.652. The molecule has 3 heterocycles. The number of morpholine rings is 1. The summed E-state index contributed by atoms with van der Waals surface area (Å²) in [6.07, 6.45) is 5.57. The van der Waals surface area contributed by atoms with Gasteiger partial charge in [0, 0.05) is 18.7 Å². The molecule has 1 aliphatic carbocycles. The van der Waals surface area contributed by atoms with Crippen LogP contribution in [-0.2, 0) is 11.3 Å². The minimum atomic E-state index is 0.0923. The number of hydrogen-bond donors (Lipinski definition) is 1. The molecule has 7 heteroatoms. The molecular weight excluding hydrogens is 378 g/mol. The number of nitrogens with zero attached hydrogens (tertiary/aromatic N) is 4. The molecule has 2 fully saturated rings. The van der Waals surface area contributed by atoms with E-state index in [0.29, 0.717) is 24.6 Å². The second-order valence-electron chi connectivity index (χ2n) is 8.04. The molecule has 7 nitrogen and oxygen atoms in total. The van der Waals surface area contributed by atoms with Crippen LogP contribution in [0.3, 0.4) is 0 Å². The van der Waals surface area contributed by atoms with E-state index in [1.807, 2.05) is 28.9 Å². The van der Waals surface area contributed by atoms with Gasteiger partial charge >= 0.3 is 0 Å². The molecule has 1 aliphatic heterocycles. The van der Waals surface area contributed by atoms with E-state index in [-0.39, 0.29) is 6.10 Å². The van der Waals surface area contributed by atoms with Gasteiger partial charge in [-0.1, -0.05) is 25.0 Å². The number of pyridine rings is 1. The molecule has 0 amide bonds. The minimum absolute atomic E-state index is 0.0923. The summed E-state index contributed by atoms with van der Waals surface area (Å²) in [7, 11) is 0. The molecule has 3 aromatic rings. The molecule has 1 atom stereocenters. The molecule has 0 bridgehead atoms. The van der Waals surface area contributed by atoms with Crippen molar-refractivity contribution in [2.24, 2.45) is 5.92 Å². The van der Waals surface area contributed by atoms with E-state index in [1.54, 1.807) is 6.20 Å². The van der Waals surface area contributed by atoms with Crippen LogP contribution in [0.5, 0.6) is 5.88 Å². The molecule has 0 spiro atoms. The fourth-order valence-electron chi connectivity index (χ4n) is 3.83. The predicted octanol–water partition coefficient (Wildman–Crippen LogP) is 3.14. The molecule has 1 saturated heterocycles. The second-order valence-corrected chi connectivity index (χ2v) is 8.04. The van der Waals surface area contributed by atoms with Crippen LogP contribution in [0.2, 0.25) is 0 Å². The molecule has 30 heavy (non-hydrogen) atoms. The average molecular weight is 403 g/mol. The molecule has 1 N–H and O–H groups in total. The van der Waals surface area contributed by atoms with Gasteiger partial charge < -0.3 is 14.8 Å². The Bertz CT molecular complexity index is 1060. The van der Waals surface area contributed by atoms with Gasteiger partial charge in [-0.25, -0.2) is 4.98 Å². The Morgan fingerprint density at radius 1 is 1.27 bits per heavy atom. The lowest BCUT2D eigenvalue weighted by atomic mass is 10.0. The van der Waals surface area contributed by atoms with Gasteiger partial charge in [-0.15, -0.1) is 0 Å². The van der Waals surface area contributed by atoms with Crippen molar-refractivity contribution in [3.8, 4) is 23.1 Å². The maximum absolute atomic E-state index is 9.12. The van der Waals surface area contributed by atoms with Crippen LogP contribution >= 0.6 is 0 Å². The Hall–Kier alpha value is -2.95. The van der Waals surface area contributed by atoms with Gasteiger partial charge in [0.2, 0.25) is 5.88 Å². The first kappa shape index (κ1) is 19.0. The third-order valence-corrected chi connectivity index (χ3v) is 5.76. The highest BCUT2D eigenvalue weighted by Crippen LogP contribution is 2.35. The highest BCUT2D eigenvalue weighted by Gasteiger charge is 2.22.